The quantitative estimate of drug-likeness (QED) is 0.802. The first-order valence-corrected chi connectivity index (χ1v) is 7.08. The van der Waals surface area contributed by atoms with Gasteiger partial charge in [-0.25, -0.2) is 0 Å². The van der Waals surface area contributed by atoms with Gasteiger partial charge in [-0.2, -0.15) is 4.98 Å². The molecule has 0 bridgehead atoms. The second-order valence-electron chi connectivity index (χ2n) is 4.66. The summed E-state index contributed by atoms with van der Waals surface area (Å²) >= 11 is 0. The van der Waals surface area contributed by atoms with Gasteiger partial charge in [-0.1, -0.05) is 18.1 Å². The lowest BCUT2D eigenvalue weighted by molar-refractivity contribution is 0.280. The summed E-state index contributed by atoms with van der Waals surface area (Å²) in [5.74, 6) is 2.66. The van der Waals surface area contributed by atoms with Crippen LogP contribution in [0.4, 0.5) is 0 Å². The molecule has 1 heterocycles. The Balaban J connectivity index is 2.06. The maximum atomic E-state index is 5.79. The molecule has 0 spiro atoms. The molecular weight excluding hydrogens is 270 g/mol. The molecule has 0 fully saturated rings. The Labute approximate surface area is 124 Å². The van der Waals surface area contributed by atoms with Gasteiger partial charge in [0.2, 0.25) is 11.7 Å². The van der Waals surface area contributed by atoms with Crippen molar-refractivity contribution < 1.29 is 14.0 Å². The topological polar surface area (TPSA) is 83.4 Å². The van der Waals surface area contributed by atoms with Crippen molar-refractivity contribution in [2.45, 2.75) is 32.8 Å². The van der Waals surface area contributed by atoms with Gasteiger partial charge in [-0.15, -0.1) is 0 Å². The molecule has 6 nitrogen and oxygen atoms in total. The summed E-state index contributed by atoms with van der Waals surface area (Å²) in [7, 11) is 1.62. The van der Waals surface area contributed by atoms with Crippen LogP contribution in [0.15, 0.2) is 22.7 Å². The van der Waals surface area contributed by atoms with Gasteiger partial charge in [0, 0.05) is 12.5 Å². The number of methoxy groups -OCH3 is 1. The standard InChI is InChI=1S/C15H21N3O3/c1-3-4-15-17-14(18-21-15)10-20-13-9-12(19-2)6-5-11(13)7-8-16/h5-6,9H,3-4,7-8,10,16H2,1-2H3. The Kier molecular flexibility index (Phi) is 5.57. The maximum Gasteiger partial charge on any atom is 0.226 e. The molecule has 0 saturated carbocycles. The summed E-state index contributed by atoms with van der Waals surface area (Å²) in [4.78, 5) is 4.27. The number of hydrogen-bond donors (Lipinski definition) is 1. The smallest absolute Gasteiger partial charge is 0.226 e. The first-order valence-electron chi connectivity index (χ1n) is 7.08. The number of nitrogens with zero attached hydrogens (tertiary/aromatic N) is 2. The minimum absolute atomic E-state index is 0.262. The summed E-state index contributed by atoms with van der Waals surface area (Å²) in [6, 6.07) is 5.70. The molecule has 0 aliphatic heterocycles. The van der Waals surface area contributed by atoms with E-state index in [1.807, 2.05) is 18.2 Å². The Bertz CT molecular complexity index is 569. The van der Waals surface area contributed by atoms with Crippen molar-refractivity contribution in [2.24, 2.45) is 5.73 Å². The normalized spacial score (nSPS) is 10.6. The van der Waals surface area contributed by atoms with E-state index in [0.717, 1.165) is 36.3 Å². The van der Waals surface area contributed by atoms with Crippen molar-refractivity contribution in [1.29, 1.82) is 0 Å². The number of aryl methyl sites for hydroxylation is 1. The van der Waals surface area contributed by atoms with Crippen LogP contribution in [0.5, 0.6) is 11.5 Å². The molecule has 0 aliphatic carbocycles. The zero-order valence-electron chi connectivity index (χ0n) is 12.5. The monoisotopic (exact) mass is 291 g/mol. The van der Waals surface area contributed by atoms with E-state index in [2.05, 4.69) is 17.1 Å². The molecular formula is C15H21N3O3. The molecule has 6 heteroatoms. The third-order valence-corrected chi connectivity index (χ3v) is 3.02. The van der Waals surface area contributed by atoms with Crippen molar-refractivity contribution >= 4 is 0 Å². The number of benzene rings is 1. The van der Waals surface area contributed by atoms with Crippen LogP contribution in [0.25, 0.3) is 0 Å². The van der Waals surface area contributed by atoms with Gasteiger partial charge < -0.3 is 19.7 Å². The predicted molar refractivity (Wildman–Crippen MR) is 78.4 cm³/mol. The average molecular weight is 291 g/mol. The van der Waals surface area contributed by atoms with Crippen LogP contribution in [0, 0.1) is 0 Å². The second-order valence-corrected chi connectivity index (χ2v) is 4.66. The van der Waals surface area contributed by atoms with Crippen LogP contribution in [-0.4, -0.2) is 23.8 Å². The van der Waals surface area contributed by atoms with Crippen LogP contribution >= 0.6 is 0 Å². The predicted octanol–water partition coefficient (Wildman–Crippen LogP) is 2.11. The van der Waals surface area contributed by atoms with E-state index in [0.29, 0.717) is 18.3 Å². The lowest BCUT2D eigenvalue weighted by Crippen LogP contribution is -2.06. The zero-order valence-corrected chi connectivity index (χ0v) is 12.5. The van der Waals surface area contributed by atoms with Gasteiger partial charge >= 0.3 is 0 Å². The lowest BCUT2D eigenvalue weighted by atomic mass is 10.1. The minimum atomic E-state index is 0.262. The van der Waals surface area contributed by atoms with Gasteiger partial charge in [0.1, 0.15) is 11.5 Å². The minimum Gasteiger partial charge on any atom is -0.497 e. The lowest BCUT2D eigenvalue weighted by Gasteiger charge is -2.11. The van der Waals surface area contributed by atoms with E-state index in [1.165, 1.54) is 0 Å². The summed E-state index contributed by atoms with van der Waals surface area (Å²) in [6.07, 6.45) is 2.50. The molecule has 0 aliphatic rings. The van der Waals surface area contributed by atoms with E-state index in [4.69, 9.17) is 19.7 Å². The zero-order chi connectivity index (χ0) is 15.1. The summed E-state index contributed by atoms with van der Waals surface area (Å²) in [6.45, 7) is 2.89. The van der Waals surface area contributed by atoms with Crippen molar-refractivity contribution in [3.63, 3.8) is 0 Å². The highest BCUT2D eigenvalue weighted by Gasteiger charge is 2.09. The first kappa shape index (κ1) is 15.3. The van der Waals surface area contributed by atoms with Crippen LogP contribution in [0.2, 0.25) is 0 Å². The summed E-state index contributed by atoms with van der Waals surface area (Å²) in [5, 5.41) is 3.90. The Morgan fingerprint density at radius 3 is 2.86 bits per heavy atom. The van der Waals surface area contributed by atoms with Crippen molar-refractivity contribution in [3.05, 3.63) is 35.5 Å². The van der Waals surface area contributed by atoms with E-state index < -0.39 is 0 Å². The Hall–Kier alpha value is -2.08. The van der Waals surface area contributed by atoms with Crippen LogP contribution in [0.3, 0.4) is 0 Å². The highest BCUT2D eigenvalue weighted by atomic mass is 16.5. The number of nitrogens with two attached hydrogens (primary N) is 1. The Morgan fingerprint density at radius 2 is 2.14 bits per heavy atom. The fraction of sp³-hybridized carbons (Fsp3) is 0.467. The number of aromatic nitrogens is 2. The molecule has 0 unspecified atom stereocenters. The van der Waals surface area contributed by atoms with E-state index in [9.17, 15) is 0 Å². The van der Waals surface area contributed by atoms with Gasteiger partial charge in [0.15, 0.2) is 6.61 Å². The SMILES string of the molecule is CCCc1nc(COc2cc(OC)ccc2CCN)no1. The average Bonchev–Trinajstić information content (AvgIpc) is 2.94. The largest absolute Gasteiger partial charge is 0.497 e. The fourth-order valence-corrected chi connectivity index (χ4v) is 1.96. The number of ether oxygens (including phenoxy) is 2. The second kappa shape index (κ2) is 7.64. The molecule has 2 aromatic rings. The molecule has 0 atom stereocenters. The molecule has 0 radical (unpaired) electrons. The van der Waals surface area contributed by atoms with Crippen molar-refractivity contribution in [1.82, 2.24) is 10.1 Å². The highest BCUT2D eigenvalue weighted by molar-refractivity contribution is 5.41. The fourth-order valence-electron chi connectivity index (χ4n) is 1.96. The molecule has 114 valence electrons. The van der Waals surface area contributed by atoms with E-state index >= 15 is 0 Å². The van der Waals surface area contributed by atoms with Crippen molar-refractivity contribution in [3.8, 4) is 11.5 Å². The number of hydrogen-bond acceptors (Lipinski definition) is 6. The summed E-state index contributed by atoms with van der Waals surface area (Å²) < 4.78 is 16.1. The van der Waals surface area contributed by atoms with Crippen molar-refractivity contribution in [2.75, 3.05) is 13.7 Å². The molecule has 21 heavy (non-hydrogen) atoms. The van der Waals surface area contributed by atoms with Gasteiger partial charge in [-0.05, 0) is 31.0 Å². The maximum absolute atomic E-state index is 5.79. The molecule has 1 aromatic carbocycles. The third kappa shape index (κ3) is 4.19. The van der Waals surface area contributed by atoms with Gasteiger partial charge in [0.25, 0.3) is 0 Å². The molecule has 0 saturated heterocycles. The van der Waals surface area contributed by atoms with E-state index in [1.54, 1.807) is 7.11 Å². The summed E-state index contributed by atoms with van der Waals surface area (Å²) in [5.41, 5.74) is 6.65. The molecule has 0 amide bonds. The van der Waals surface area contributed by atoms with Gasteiger partial charge in [0.05, 0.1) is 7.11 Å². The number of rotatable bonds is 8. The van der Waals surface area contributed by atoms with Gasteiger partial charge in [-0.3, -0.25) is 0 Å². The third-order valence-electron chi connectivity index (χ3n) is 3.02. The van der Waals surface area contributed by atoms with E-state index in [-0.39, 0.29) is 6.61 Å². The van der Waals surface area contributed by atoms with Crippen LogP contribution in [0.1, 0.15) is 30.6 Å². The van der Waals surface area contributed by atoms with Crippen LogP contribution < -0.4 is 15.2 Å². The molecule has 1 aromatic heterocycles. The molecule has 2 rings (SSSR count). The van der Waals surface area contributed by atoms with Crippen LogP contribution in [-0.2, 0) is 19.4 Å². The molecule has 2 N–H and O–H groups in total. The first-order chi connectivity index (χ1) is 10.3. The highest BCUT2D eigenvalue weighted by Crippen LogP contribution is 2.25. The Morgan fingerprint density at radius 1 is 1.29 bits per heavy atom.